The Morgan fingerprint density at radius 3 is 2.50 bits per heavy atom. The van der Waals surface area contributed by atoms with E-state index in [0.717, 1.165) is 12.1 Å². The highest BCUT2D eigenvalue weighted by Gasteiger charge is 2.44. The van der Waals surface area contributed by atoms with Gasteiger partial charge in [0, 0.05) is 19.6 Å². The summed E-state index contributed by atoms with van der Waals surface area (Å²) in [4.78, 5) is 26.8. The lowest BCUT2D eigenvalue weighted by Crippen LogP contribution is -2.50. The standard InChI is InChI=1S/C26H27ClF3N5O4S/c27-21-9-8-19(26(28,29)30)13-22(21)35(40(38,39)20-6-2-1-3-7-20)16-23(36)34-12-4-5-18(15-34)14-32-24(37)33-25(17-31)10-11-25/h1-3,6-9,13,18H,4-5,10-12,14-16H2,(H2,32,33,37). The Hall–Kier alpha value is -3.50. The molecular formula is C26H27ClF3N5O4S. The molecule has 1 aliphatic heterocycles. The Morgan fingerprint density at radius 2 is 1.88 bits per heavy atom. The highest BCUT2D eigenvalue weighted by molar-refractivity contribution is 7.92. The van der Waals surface area contributed by atoms with Gasteiger partial charge in [-0.25, -0.2) is 13.2 Å². The van der Waals surface area contributed by atoms with Crippen molar-refractivity contribution in [2.45, 2.75) is 42.3 Å². The molecule has 3 amide bonds. The van der Waals surface area contributed by atoms with Gasteiger partial charge in [0.25, 0.3) is 10.0 Å². The SMILES string of the molecule is N#CC1(NC(=O)NCC2CCCN(C(=O)CN(c3cc(C(F)(F)F)ccc3Cl)S(=O)(=O)c3ccccc3)C2)CC1. The van der Waals surface area contributed by atoms with Gasteiger partial charge >= 0.3 is 12.2 Å². The van der Waals surface area contributed by atoms with Crippen LogP contribution >= 0.6 is 11.6 Å². The van der Waals surface area contributed by atoms with E-state index in [1.807, 2.05) is 0 Å². The van der Waals surface area contributed by atoms with Crippen molar-refractivity contribution in [1.29, 1.82) is 5.26 Å². The maximum atomic E-state index is 13.6. The molecular weight excluding hydrogens is 571 g/mol. The highest BCUT2D eigenvalue weighted by atomic mass is 35.5. The van der Waals surface area contributed by atoms with E-state index in [4.69, 9.17) is 16.9 Å². The zero-order valence-corrected chi connectivity index (χ0v) is 22.8. The molecule has 1 unspecified atom stereocenters. The normalized spacial score (nSPS) is 18.4. The maximum absolute atomic E-state index is 13.6. The minimum atomic E-state index is -4.77. The molecule has 1 saturated carbocycles. The van der Waals surface area contributed by atoms with Gasteiger partial charge in [0.2, 0.25) is 5.91 Å². The van der Waals surface area contributed by atoms with Gasteiger partial charge in [0.1, 0.15) is 12.1 Å². The van der Waals surface area contributed by atoms with E-state index in [9.17, 15) is 31.2 Å². The van der Waals surface area contributed by atoms with Crippen LogP contribution in [-0.2, 0) is 21.0 Å². The van der Waals surface area contributed by atoms with Gasteiger partial charge in [-0.1, -0.05) is 29.8 Å². The second-order valence-electron chi connectivity index (χ2n) is 9.87. The van der Waals surface area contributed by atoms with Gasteiger partial charge in [0.05, 0.1) is 27.2 Å². The van der Waals surface area contributed by atoms with Gasteiger partial charge in [0.15, 0.2) is 0 Å². The number of nitrogens with one attached hydrogen (secondary N) is 2. The maximum Gasteiger partial charge on any atom is 0.416 e. The Balaban J connectivity index is 1.53. The van der Waals surface area contributed by atoms with E-state index in [1.54, 1.807) is 6.07 Å². The fraction of sp³-hybridized carbons (Fsp3) is 0.423. The average Bonchev–Trinajstić information content (AvgIpc) is 3.70. The molecule has 2 fully saturated rings. The highest BCUT2D eigenvalue weighted by Crippen LogP contribution is 2.37. The smallest absolute Gasteiger partial charge is 0.341 e. The molecule has 14 heteroatoms. The van der Waals surface area contributed by atoms with Crippen LogP contribution < -0.4 is 14.9 Å². The van der Waals surface area contributed by atoms with Gasteiger partial charge in [-0.05, 0) is 61.9 Å². The largest absolute Gasteiger partial charge is 0.416 e. The number of carbonyl (C=O) groups is 2. The number of benzene rings is 2. The van der Waals surface area contributed by atoms with Crippen LogP contribution in [0.15, 0.2) is 53.4 Å². The number of nitrogens with zero attached hydrogens (tertiary/aromatic N) is 3. The van der Waals surface area contributed by atoms with Crippen molar-refractivity contribution in [1.82, 2.24) is 15.5 Å². The first-order chi connectivity index (χ1) is 18.8. The number of hydrogen-bond donors (Lipinski definition) is 2. The summed E-state index contributed by atoms with van der Waals surface area (Å²) >= 11 is 6.19. The molecule has 40 heavy (non-hydrogen) atoms. The van der Waals surface area contributed by atoms with Gasteiger partial charge < -0.3 is 15.5 Å². The van der Waals surface area contributed by atoms with Crippen LogP contribution in [0, 0.1) is 17.2 Å². The Morgan fingerprint density at radius 1 is 1.18 bits per heavy atom. The van der Waals surface area contributed by atoms with Crippen molar-refractivity contribution in [2.75, 3.05) is 30.5 Å². The molecule has 0 bridgehead atoms. The summed E-state index contributed by atoms with van der Waals surface area (Å²) in [5.41, 5.74) is -2.40. The van der Waals surface area contributed by atoms with E-state index in [2.05, 4.69) is 16.7 Å². The molecule has 1 saturated heterocycles. The average molecular weight is 598 g/mol. The Kier molecular flexibility index (Phi) is 8.51. The predicted octanol–water partition coefficient (Wildman–Crippen LogP) is 4.15. The lowest BCUT2D eigenvalue weighted by atomic mass is 9.98. The molecule has 0 radical (unpaired) electrons. The van der Waals surface area contributed by atoms with E-state index in [-0.39, 0.29) is 28.9 Å². The number of amides is 3. The summed E-state index contributed by atoms with van der Waals surface area (Å²) in [6.45, 7) is -0.0289. The van der Waals surface area contributed by atoms with Crippen molar-refractivity contribution in [2.24, 2.45) is 5.92 Å². The number of alkyl halides is 3. The summed E-state index contributed by atoms with van der Waals surface area (Å²) in [5.74, 6) is -0.763. The molecule has 4 rings (SSSR count). The van der Waals surface area contributed by atoms with Crippen LogP contribution in [0.1, 0.15) is 31.2 Å². The number of anilines is 1. The molecule has 1 atom stereocenters. The number of rotatable bonds is 8. The van der Waals surface area contributed by atoms with E-state index >= 15 is 0 Å². The Bertz CT molecular complexity index is 1410. The van der Waals surface area contributed by atoms with Crippen molar-refractivity contribution >= 4 is 39.2 Å². The third kappa shape index (κ3) is 6.79. The molecule has 2 aromatic rings. The van der Waals surface area contributed by atoms with Gasteiger partial charge in [-0.2, -0.15) is 18.4 Å². The fourth-order valence-electron chi connectivity index (χ4n) is 4.47. The number of carbonyl (C=O) groups excluding carboxylic acids is 2. The summed E-state index contributed by atoms with van der Waals surface area (Å²) in [6, 6.07) is 10.9. The first-order valence-electron chi connectivity index (χ1n) is 12.5. The van der Waals surface area contributed by atoms with E-state index in [1.165, 1.54) is 29.2 Å². The second kappa shape index (κ2) is 11.5. The molecule has 2 N–H and O–H groups in total. The van der Waals surface area contributed by atoms with Crippen LogP contribution in [-0.4, -0.2) is 57.0 Å². The lowest BCUT2D eigenvalue weighted by Gasteiger charge is -2.35. The van der Waals surface area contributed by atoms with Crippen molar-refractivity contribution in [3.8, 4) is 6.07 Å². The van der Waals surface area contributed by atoms with Crippen molar-refractivity contribution in [3.05, 3.63) is 59.1 Å². The number of sulfonamides is 1. The zero-order valence-electron chi connectivity index (χ0n) is 21.2. The molecule has 214 valence electrons. The number of likely N-dealkylation sites (tertiary alicyclic amines) is 1. The zero-order chi connectivity index (χ0) is 29.1. The van der Waals surface area contributed by atoms with Crippen LogP contribution in [0.3, 0.4) is 0 Å². The molecule has 0 aromatic heterocycles. The van der Waals surface area contributed by atoms with Crippen LogP contribution in [0.25, 0.3) is 0 Å². The number of urea groups is 1. The molecule has 2 aliphatic rings. The summed E-state index contributed by atoms with van der Waals surface area (Å²) in [7, 11) is -4.48. The van der Waals surface area contributed by atoms with Crippen LogP contribution in [0.5, 0.6) is 0 Å². The van der Waals surface area contributed by atoms with Crippen molar-refractivity contribution < 1.29 is 31.2 Å². The first kappa shape index (κ1) is 29.5. The summed E-state index contributed by atoms with van der Waals surface area (Å²) in [6.07, 6.45) is -2.32. The number of halogens is 4. The first-order valence-corrected chi connectivity index (χ1v) is 14.4. The molecule has 1 heterocycles. The summed E-state index contributed by atoms with van der Waals surface area (Å²) in [5, 5.41) is 14.2. The minimum absolute atomic E-state index is 0.142. The quantitative estimate of drug-likeness (QED) is 0.473. The van der Waals surface area contributed by atoms with Gasteiger partial charge in [-0.3, -0.25) is 9.10 Å². The number of nitriles is 1. The van der Waals surface area contributed by atoms with E-state index in [0.29, 0.717) is 42.6 Å². The van der Waals surface area contributed by atoms with Crippen LogP contribution in [0.4, 0.5) is 23.7 Å². The monoisotopic (exact) mass is 597 g/mol. The third-order valence-corrected chi connectivity index (χ3v) is 8.99. The predicted molar refractivity (Wildman–Crippen MR) is 141 cm³/mol. The van der Waals surface area contributed by atoms with Gasteiger partial charge in [-0.15, -0.1) is 0 Å². The molecule has 1 aliphatic carbocycles. The topological polar surface area (TPSA) is 123 Å². The van der Waals surface area contributed by atoms with E-state index < -0.39 is 51.5 Å². The van der Waals surface area contributed by atoms with Crippen LogP contribution in [0.2, 0.25) is 5.02 Å². The second-order valence-corrected chi connectivity index (χ2v) is 12.1. The van der Waals surface area contributed by atoms with Crippen molar-refractivity contribution in [3.63, 3.8) is 0 Å². The summed E-state index contributed by atoms with van der Waals surface area (Å²) < 4.78 is 68.2. The minimum Gasteiger partial charge on any atom is -0.341 e. The number of piperidine rings is 1. The fourth-order valence-corrected chi connectivity index (χ4v) is 6.18. The lowest BCUT2D eigenvalue weighted by molar-refractivity contribution is -0.137. The Labute approximate surface area is 234 Å². The molecule has 9 nitrogen and oxygen atoms in total. The third-order valence-electron chi connectivity index (χ3n) is 6.89. The molecule has 0 spiro atoms. The molecule has 2 aromatic carbocycles. The number of hydrogen-bond acceptors (Lipinski definition) is 5.